The predicted octanol–water partition coefficient (Wildman–Crippen LogP) is 6.67. The van der Waals surface area contributed by atoms with Gasteiger partial charge in [-0.3, -0.25) is 3.97 Å². The summed E-state index contributed by atoms with van der Waals surface area (Å²) in [7, 11) is 0. The van der Waals surface area contributed by atoms with Crippen molar-refractivity contribution in [2.75, 3.05) is 0 Å². The summed E-state index contributed by atoms with van der Waals surface area (Å²) >= 11 is 5.34. The number of benzene rings is 1. The van der Waals surface area contributed by atoms with Gasteiger partial charge in [-0.1, -0.05) is 13.8 Å². The molecule has 0 N–H and O–H groups in total. The van der Waals surface area contributed by atoms with Crippen LogP contribution in [0.3, 0.4) is 0 Å². The summed E-state index contributed by atoms with van der Waals surface area (Å²) in [5, 5.41) is 0.158. The predicted molar refractivity (Wildman–Crippen MR) is 88.8 cm³/mol. The molecule has 0 saturated heterocycles. The van der Waals surface area contributed by atoms with Gasteiger partial charge in [0.1, 0.15) is 41.1 Å². The molecule has 1 aromatic heterocycles. The fraction of sp³-hybridized carbons (Fsp3) is 0.333. The zero-order chi connectivity index (χ0) is 16.4. The standard InChI is InChI=1S/C10H5BrF4INOS.C2H6/c1-4-2-5-8(11)6(10(13,14)15)3-7(12)9(5)17(4)19-18-16;1-2/h2-3H,1H3;1-2H3. The summed E-state index contributed by atoms with van der Waals surface area (Å²) in [6.45, 7) is 5.65. The lowest BCUT2D eigenvalue weighted by Crippen LogP contribution is -2.07. The van der Waals surface area contributed by atoms with Crippen LogP contribution >= 0.6 is 51.2 Å². The lowest BCUT2D eigenvalue weighted by Gasteiger charge is -2.11. The molecule has 1 aromatic carbocycles. The summed E-state index contributed by atoms with van der Waals surface area (Å²) < 4.78 is 58.3. The fourth-order valence-electron chi connectivity index (χ4n) is 1.75. The maximum absolute atomic E-state index is 13.9. The Morgan fingerprint density at radius 1 is 1.29 bits per heavy atom. The van der Waals surface area contributed by atoms with Gasteiger partial charge in [-0.15, -0.1) is 0 Å². The molecule has 2 aromatic rings. The number of halogens is 6. The summed E-state index contributed by atoms with van der Waals surface area (Å²) in [5.74, 6) is -0.945. The first-order valence-corrected chi connectivity index (χ1v) is 8.17. The van der Waals surface area contributed by atoms with Crippen molar-refractivity contribution >= 4 is 62.1 Å². The van der Waals surface area contributed by atoms with Gasteiger partial charge in [0.2, 0.25) is 0 Å². The monoisotopic (exact) mass is 499 g/mol. The van der Waals surface area contributed by atoms with E-state index in [0.717, 1.165) is 12.2 Å². The van der Waals surface area contributed by atoms with Crippen molar-refractivity contribution in [1.29, 1.82) is 0 Å². The van der Waals surface area contributed by atoms with E-state index in [1.165, 1.54) is 10.0 Å². The molecule has 2 rings (SSSR count). The molecule has 9 heteroatoms. The molecule has 0 spiro atoms. The van der Waals surface area contributed by atoms with E-state index >= 15 is 0 Å². The first kappa shape index (κ1) is 19.0. The molecule has 0 aliphatic carbocycles. The molecular weight excluding hydrogens is 489 g/mol. The van der Waals surface area contributed by atoms with Crippen LogP contribution < -0.4 is 0 Å². The number of nitrogens with zero attached hydrogens (tertiary/aromatic N) is 1. The minimum Gasteiger partial charge on any atom is -0.261 e. The quantitative estimate of drug-likeness (QED) is 0.260. The summed E-state index contributed by atoms with van der Waals surface area (Å²) in [5.41, 5.74) is -0.398. The van der Waals surface area contributed by atoms with E-state index in [0.29, 0.717) is 11.8 Å². The normalized spacial score (nSPS) is 11.5. The van der Waals surface area contributed by atoms with Crippen molar-refractivity contribution in [2.45, 2.75) is 26.9 Å². The number of fused-ring (bicyclic) bond motifs is 1. The van der Waals surface area contributed by atoms with Crippen molar-refractivity contribution in [3.63, 3.8) is 0 Å². The van der Waals surface area contributed by atoms with E-state index in [1.807, 2.05) is 13.8 Å². The van der Waals surface area contributed by atoms with Gasteiger partial charge < -0.3 is 0 Å². The van der Waals surface area contributed by atoms with Crippen LogP contribution in [0.25, 0.3) is 10.9 Å². The first-order valence-electron chi connectivity index (χ1n) is 5.80. The number of hydrogen-bond acceptors (Lipinski definition) is 2. The van der Waals surface area contributed by atoms with Gasteiger partial charge in [0.25, 0.3) is 0 Å². The average molecular weight is 500 g/mol. The Bertz CT molecular complexity index is 644. The number of alkyl halides is 3. The van der Waals surface area contributed by atoms with Gasteiger partial charge >= 0.3 is 6.18 Å². The highest BCUT2D eigenvalue weighted by Crippen LogP contribution is 2.41. The van der Waals surface area contributed by atoms with Gasteiger partial charge in [-0.05, 0) is 35.0 Å². The highest BCUT2D eigenvalue weighted by molar-refractivity contribution is 14.1. The Hall–Kier alpha value is -0.000000000000000111. The Balaban J connectivity index is 0.00000106. The molecule has 0 aliphatic heterocycles. The number of hydrogen-bond donors (Lipinski definition) is 0. The van der Waals surface area contributed by atoms with Crippen LogP contribution in [0.4, 0.5) is 17.6 Å². The summed E-state index contributed by atoms with van der Waals surface area (Å²) in [4.78, 5) is 0. The number of aromatic nitrogens is 1. The lowest BCUT2D eigenvalue weighted by molar-refractivity contribution is -0.138. The van der Waals surface area contributed by atoms with Crippen molar-refractivity contribution in [3.8, 4) is 0 Å². The SMILES string of the molecule is CC.Cc1cc2c(Br)c(C(F)(F)F)cc(F)c2n1SOI. The molecule has 0 fully saturated rings. The van der Waals surface area contributed by atoms with Crippen LogP contribution in [0.15, 0.2) is 16.6 Å². The molecule has 0 unspecified atom stereocenters. The van der Waals surface area contributed by atoms with Crippen LogP contribution in [-0.2, 0) is 8.69 Å². The van der Waals surface area contributed by atoms with Crippen LogP contribution in [0.2, 0.25) is 0 Å². The van der Waals surface area contributed by atoms with E-state index < -0.39 is 17.6 Å². The smallest absolute Gasteiger partial charge is 0.261 e. The van der Waals surface area contributed by atoms with E-state index in [-0.39, 0.29) is 15.4 Å². The largest absolute Gasteiger partial charge is 0.417 e. The van der Waals surface area contributed by atoms with E-state index in [4.69, 9.17) is 2.51 Å². The third kappa shape index (κ3) is 3.85. The third-order valence-electron chi connectivity index (χ3n) is 2.51. The Morgan fingerprint density at radius 2 is 1.86 bits per heavy atom. The molecular formula is C12H11BrF4INOS. The maximum Gasteiger partial charge on any atom is 0.417 e. The molecule has 0 saturated carbocycles. The Morgan fingerprint density at radius 3 is 2.33 bits per heavy atom. The zero-order valence-electron chi connectivity index (χ0n) is 11.2. The molecule has 0 bridgehead atoms. The van der Waals surface area contributed by atoms with Gasteiger partial charge in [0.05, 0.1) is 11.1 Å². The lowest BCUT2D eigenvalue weighted by atomic mass is 10.1. The van der Waals surface area contributed by atoms with Crippen LogP contribution in [0.1, 0.15) is 25.1 Å². The second kappa shape index (κ2) is 7.51. The zero-order valence-corrected chi connectivity index (χ0v) is 15.7. The fourth-order valence-corrected chi connectivity index (χ4v) is 3.36. The van der Waals surface area contributed by atoms with Gasteiger partial charge in [-0.2, -0.15) is 13.2 Å². The van der Waals surface area contributed by atoms with Crippen LogP contribution in [-0.4, -0.2) is 3.97 Å². The summed E-state index contributed by atoms with van der Waals surface area (Å²) in [6.07, 6.45) is -4.61. The third-order valence-corrected chi connectivity index (χ3v) is 4.52. The highest BCUT2D eigenvalue weighted by atomic mass is 127. The van der Waals surface area contributed by atoms with E-state index in [2.05, 4.69) is 15.9 Å². The molecule has 0 radical (unpaired) electrons. The molecule has 2 nitrogen and oxygen atoms in total. The topological polar surface area (TPSA) is 14.2 Å². The van der Waals surface area contributed by atoms with Crippen molar-refractivity contribution in [2.24, 2.45) is 0 Å². The number of aryl methyl sites for hydroxylation is 1. The second-order valence-corrected chi connectivity index (χ2v) is 6.21. The van der Waals surface area contributed by atoms with Gasteiger partial charge in [0.15, 0.2) is 0 Å². The van der Waals surface area contributed by atoms with Crippen molar-refractivity contribution in [3.05, 3.63) is 33.7 Å². The maximum atomic E-state index is 13.9. The van der Waals surface area contributed by atoms with Crippen LogP contribution in [0, 0.1) is 12.7 Å². The van der Waals surface area contributed by atoms with Crippen LogP contribution in [0.5, 0.6) is 0 Å². The summed E-state index contributed by atoms with van der Waals surface area (Å²) in [6, 6.07) is 1.95. The minimum absolute atomic E-state index is 0.0547. The first-order chi connectivity index (χ1) is 9.77. The average Bonchev–Trinajstić information content (AvgIpc) is 2.74. The van der Waals surface area contributed by atoms with Crippen molar-refractivity contribution < 1.29 is 20.1 Å². The molecule has 0 atom stereocenters. The Kier molecular flexibility index (Phi) is 6.81. The molecule has 1 heterocycles. The molecule has 118 valence electrons. The Labute approximate surface area is 146 Å². The van der Waals surface area contributed by atoms with E-state index in [1.54, 1.807) is 29.9 Å². The highest BCUT2D eigenvalue weighted by Gasteiger charge is 2.35. The molecule has 0 amide bonds. The van der Waals surface area contributed by atoms with Gasteiger partial charge in [0, 0.05) is 15.6 Å². The molecule has 21 heavy (non-hydrogen) atoms. The minimum atomic E-state index is -4.61. The van der Waals surface area contributed by atoms with E-state index in [9.17, 15) is 17.6 Å². The number of rotatable bonds is 2. The van der Waals surface area contributed by atoms with Gasteiger partial charge in [-0.25, -0.2) is 6.90 Å². The van der Waals surface area contributed by atoms with Crippen molar-refractivity contribution in [1.82, 2.24) is 3.97 Å². The second-order valence-electron chi connectivity index (χ2n) is 3.70. The molecule has 0 aliphatic rings.